The number of hydrogen-bond donors (Lipinski definition) is 2. The van der Waals surface area contributed by atoms with Crippen LogP contribution in [0.25, 0.3) is 0 Å². The Kier molecular flexibility index (Phi) is 4.54. The molecule has 110 valence electrons. The summed E-state index contributed by atoms with van der Waals surface area (Å²) in [4.78, 5) is 12.3. The molecule has 0 radical (unpaired) electrons. The standard InChI is InChI=1S/C16H29NO2/c1-13-6-10-16(19,11-7-13)12-17-14(18)15(2)8-4-3-5-9-15/h13,19H,3-12H2,1-2H3,(H,17,18). The smallest absolute Gasteiger partial charge is 0.226 e. The average molecular weight is 267 g/mol. The second-order valence-corrected chi connectivity index (χ2v) is 7.21. The largest absolute Gasteiger partial charge is 0.388 e. The van der Waals surface area contributed by atoms with Gasteiger partial charge in [0.15, 0.2) is 0 Å². The fraction of sp³-hybridized carbons (Fsp3) is 0.938. The van der Waals surface area contributed by atoms with Gasteiger partial charge < -0.3 is 10.4 Å². The zero-order valence-electron chi connectivity index (χ0n) is 12.5. The van der Waals surface area contributed by atoms with Gasteiger partial charge in [-0.15, -0.1) is 0 Å². The Morgan fingerprint density at radius 1 is 1.16 bits per heavy atom. The molecule has 2 saturated carbocycles. The quantitative estimate of drug-likeness (QED) is 0.826. The summed E-state index contributed by atoms with van der Waals surface area (Å²) in [6.45, 7) is 4.75. The summed E-state index contributed by atoms with van der Waals surface area (Å²) in [6, 6.07) is 0. The SMILES string of the molecule is CC1CCC(O)(CNC(=O)C2(C)CCCCC2)CC1. The van der Waals surface area contributed by atoms with Crippen LogP contribution in [0.1, 0.15) is 71.6 Å². The highest BCUT2D eigenvalue weighted by atomic mass is 16.3. The maximum absolute atomic E-state index is 12.3. The third kappa shape index (κ3) is 3.71. The zero-order valence-corrected chi connectivity index (χ0v) is 12.5. The van der Waals surface area contributed by atoms with Crippen molar-refractivity contribution in [1.29, 1.82) is 0 Å². The molecule has 0 unspecified atom stereocenters. The molecule has 2 aliphatic rings. The molecular formula is C16H29NO2. The molecule has 0 atom stereocenters. The van der Waals surface area contributed by atoms with Crippen molar-refractivity contribution in [2.75, 3.05) is 6.54 Å². The van der Waals surface area contributed by atoms with Gasteiger partial charge in [-0.1, -0.05) is 33.1 Å². The van der Waals surface area contributed by atoms with Crippen LogP contribution >= 0.6 is 0 Å². The summed E-state index contributed by atoms with van der Waals surface area (Å²) >= 11 is 0. The number of hydrogen-bond acceptors (Lipinski definition) is 2. The second-order valence-electron chi connectivity index (χ2n) is 7.21. The van der Waals surface area contributed by atoms with E-state index in [1.54, 1.807) is 0 Å². The van der Waals surface area contributed by atoms with E-state index in [0.717, 1.165) is 51.4 Å². The monoisotopic (exact) mass is 267 g/mol. The Hall–Kier alpha value is -0.570. The van der Waals surface area contributed by atoms with Crippen LogP contribution in [0.3, 0.4) is 0 Å². The van der Waals surface area contributed by atoms with Gasteiger partial charge in [0.1, 0.15) is 0 Å². The van der Waals surface area contributed by atoms with Crippen LogP contribution in [0.5, 0.6) is 0 Å². The molecule has 0 aromatic carbocycles. The Balaban J connectivity index is 1.82. The van der Waals surface area contributed by atoms with Crippen LogP contribution in [0.15, 0.2) is 0 Å². The first-order valence-electron chi connectivity index (χ1n) is 7.94. The molecule has 2 N–H and O–H groups in total. The third-order valence-corrected chi connectivity index (χ3v) is 5.29. The molecule has 0 aliphatic heterocycles. The van der Waals surface area contributed by atoms with Crippen molar-refractivity contribution in [3.63, 3.8) is 0 Å². The maximum atomic E-state index is 12.3. The third-order valence-electron chi connectivity index (χ3n) is 5.29. The van der Waals surface area contributed by atoms with Crippen molar-refractivity contribution >= 4 is 5.91 Å². The molecule has 0 aromatic rings. The fourth-order valence-electron chi connectivity index (χ4n) is 3.49. The van der Waals surface area contributed by atoms with Crippen LogP contribution in [0.2, 0.25) is 0 Å². The van der Waals surface area contributed by atoms with E-state index < -0.39 is 5.60 Å². The predicted octanol–water partition coefficient (Wildman–Crippen LogP) is 3.01. The van der Waals surface area contributed by atoms with E-state index in [-0.39, 0.29) is 11.3 Å². The normalized spacial score (nSPS) is 34.8. The molecule has 1 amide bonds. The highest BCUT2D eigenvalue weighted by molar-refractivity contribution is 5.82. The lowest BCUT2D eigenvalue weighted by molar-refractivity contribution is -0.133. The van der Waals surface area contributed by atoms with Gasteiger partial charge in [-0.05, 0) is 44.4 Å². The van der Waals surface area contributed by atoms with Crippen LogP contribution in [0.4, 0.5) is 0 Å². The molecule has 0 aromatic heterocycles. The minimum absolute atomic E-state index is 0.152. The van der Waals surface area contributed by atoms with E-state index in [4.69, 9.17) is 0 Å². The van der Waals surface area contributed by atoms with Crippen molar-refractivity contribution in [2.45, 2.75) is 77.2 Å². The van der Waals surface area contributed by atoms with E-state index in [2.05, 4.69) is 19.2 Å². The topological polar surface area (TPSA) is 49.3 Å². The number of amides is 1. The van der Waals surface area contributed by atoms with Crippen LogP contribution in [-0.2, 0) is 4.79 Å². The Bertz CT molecular complexity index is 313. The first-order valence-corrected chi connectivity index (χ1v) is 7.94. The Morgan fingerprint density at radius 2 is 1.74 bits per heavy atom. The predicted molar refractivity (Wildman–Crippen MR) is 76.8 cm³/mol. The van der Waals surface area contributed by atoms with Crippen LogP contribution in [-0.4, -0.2) is 23.2 Å². The van der Waals surface area contributed by atoms with Gasteiger partial charge in [-0.2, -0.15) is 0 Å². The van der Waals surface area contributed by atoms with E-state index in [1.807, 2.05) is 0 Å². The summed E-state index contributed by atoms with van der Waals surface area (Å²) < 4.78 is 0. The summed E-state index contributed by atoms with van der Waals surface area (Å²) in [6.07, 6.45) is 9.36. The molecule has 0 heterocycles. The van der Waals surface area contributed by atoms with Crippen molar-refractivity contribution in [1.82, 2.24) is 5.32 Å². The molecule has 3 heteroatoms. The summed E-state index contributed by atoms with van der Waals surface area (Å²) in [5.41, 5.74) is -0.857. The fourth-order valence-corrected chi connectivity index (χ4v) is 3.49. The molecule has 19 heavy (non-hydrogen) atoms. The highest BCUT2D eigenvalue weighted by Gasteiger charge is 2.37. The van der Waals surface area contributed by atoms with Gasteiger partial charge in [0, 0.05) is 12.0 Å². The van der Waals surface area contributed by atoms with Gasteiger partial charge in [0.05, 0.1) is 5.60 Å². The van der Waals surface area contributed by atoms with Crippen molar-refractivity contribution in [3.8, 4) is 0 Å². The first kappa shape index (κ1) is 14.8. The maximum Gasteiger partial charge on any atom is 0.226 e. The lowest BCUT2D eigenvalue weighted by Gasteiger charge is -2.37. The van der Waals surface area contributed by atoms with Gasteiger partial charge in [0.2, 0.25) is 5.91 Å². The molecule has 2 fully saturated rings. The summed E-state index contributed by atoms with van der Waals surface area (Å²) in [7, 11) is 0. The molecule has 0 bridgehead atoms. The van der Waals surface area contributed by atoms with Gasteiger partial charge >= 0.3 is 0 Å². The number of nitrogens with one attached hydrogen (secondary N) is 1. The van der Waals surface area contributed by atoms with E-state index in [1.165, 1.54) is 6.42 Å². The first-order chi connectivity index (χ1) is 8.94. The number of carbonyl (C=O) groups is 1. The molecule has 3 nitrogen and oxygen atoms in total. The van der Waals surface area contributed by atoms with E-state index in [0.29, 0.717) is 12.5 Å². The number of rotatable bonds is 3. The van der Waals surface area contributed by atoms with Crippen LogP contribution < -0.4 is 5.32 Å². The van der Waals surface area contributed by atoms with E-state index in [9.17, 15) is 9.90 Å². The minimum atomic E-state index is -0.660. The Labute approximate surface area is 117 Å². The molecule has 0 saturated heterocycles. The van der Waals surface area contributed by atoms with Crippen LogP contribution in [0, 0.1) is 11.3 Å². The Morgan fingerprint density at radius 3 is 2.32 bits per heavy atom. The lowest BCUT2D eigenvalue weighted by atomic mass is 9.74. The average Bonchev–Trinajstić information content (AvgIpc) is 2.41. The van der Waals surface area contributed by atoms with Gasteiger partial charge in [-0.3, -0.25) is 4.79 Å². The molecule has 2 aliphatic carbocycles. The van der Waals surface area contributed by atoms with Crippen molar-refractivity contribution in [3.05, 3.63) is 0 Å². The highest BCUT2D eigenvalue weighted by Crippen LogP contribution is 2.36. The van der Waals surface area contributed by atoms with E-state index >= 15 is 0 Å². The summed E-state index contributed by atoms with van der Waals surface area (Å²) in [5, 5.41) is 13.5. The van der Waals surface area contributed by atoms with Gasteiger partial charge in [0.25, 0.3) is 0 Å². The zero-order chi connectivity index (χ0) is 13.9. The van der Waals surface area contributed by atoms with Crippen molar-refractivity contribution < 1.29 is 9.90 Å². The second kappa shape index (κ2) is 5.82. The number of carbonyl (C=O) groups excluding carboxylic acids is 1. The lowest BCUT2D eigenvalue weighted by Crippen LogP contribution is -2.49. The number of aliphatic hydroxyl groups is 1. The van der Waals surface area contributed by atoms with Gasteiger partial charge in [-0.25, -0.2) is 0 Å². The summed E-state index contributed by atoms with van der Waals surface area (Å²) in [5.74, 6) is 0.867. The molecular weight excluding hydrogens is 238 g/mol. The molecule has 2 rings (SSSR count). The van der Waals surface area contributed by atoms with Crippen molar-refractivity contribution in [2.24, 2.45) is 11.3 Å². The molecule has 0 spiro atoms. The minimum Gasteiger partial charge on any atom is -0.388 e.